The molecule has 0 saturated carbocycles. The highest BCUT2D eigenvalue weighted by molar-refractivity contribution is 9.10. The first-order chi connectivity index (χ1) is 15.5. The Hall–Kier alpha value is -2.46. The lowest BCUT2D eigenvalue weighted by Gasteiger charge is -2.31. The van der Waals surface area contributed by atoms with Gasteiger partial charge in [-0.25, -0.2) is 12.8 Å². The number of carbonyl (C=O) groups excluding carboxylic acids is 2. The second-order valence-electron chi connectivity index (χ2n) is 7.72. The van der Waals surface area contributed by atoms with Gasteiger partial charge >= 0.3 is 0 Å². The monoisotopic (exact) mass is 541 g/mol. The Labute approximate surface area is 203 Å². The molecule has 2 aromatic carbocycles. The number of carbonyl (C=O) groups is 2. The van der Waals surface area contributed by atoms with Crippen LogP contribution in [0.2, 0.25) is 0 Å². The molecule has 0 saturated heterocycles. The van der Waals surface area contributed by atoms with Crippen molar-refractivity contribution in [1.29, 1.82) is 0 Å². The van der Waals surface area contributed by atoms with Crippen LogP contribution in [0.15, 0.2) is 53.0 Å². The molecule has 2 aromatic rings. The summed E-state index contributed by atoms with van der Waals surface area (Å²) in [7, 11) is -3.85. The molecule has 2 rings (SSSR count). The highest BCUT2D eigenvalue weighted by atomic mass is 79.9. The Morgan fingerprint density at radius 3 is 2.39 bits per heavy atom. The van der Waals surface area contributed by atoms with Crippen molar-refractivity contribution in [3.8, 4) is 0 Å². The SMILES string of the molecule is CCCCNC(=O)[C@@H](C)N(Cc1cccc(Br)c1)C(=O)CN(c1ccc(F)cc1)S(C)(=O)=O. The van der Waals surface area contributed by atoms with E-state index in [2.05, 4.69) is 21.2 Å². The summed E-state index contributed by atoms with van der Waals surface area (Å²) in [5.74, 6) is -1.39. The van der Waals surface area contributed by atoms with E-state index in [-0.39, 0.29) is 18.1 Å². The third kappa shape index (κ3) is 8.12. The molecule has 0 unspecified atom stereocenters. The minimum Gasteiger partial charge on any atom is -0.354 e. The smallest absolute Gasteiger partial charge is 0.244 e. The molecule has 0 aliphatic rings. The Kier molecular flexibility index (Phi) is 9.85. The predicted octanol–water partition coefficient (Wildman–Crippen LogP) is 3.69. The van der Waals surface area contributed by atoms with Crippen LogP contribution in [0.5, 0.6) is 0 Å². The normalized spacial score (nSPS) is 12.2. The molecule has 0 spiro atoms. The van der Waals surface area contributed by atoms with Crippen LogP contribution in [0.1, 0.15) is 32.3 Å². The lowest BCUT2D eigenvalue weighted by molar-refractivity contribution is -0.139. The summed E-state index contributed by atoms with van der Waals surface area (Å²) in [5.41, 5.74) is 0.938. The third-order valence-electron chi connectivity index (χ3n) is 5.03. The molecule has 180 valence electrons. The van der Waals surface area contributed by atoms with Gasteiger partial charge < -0.3 is 10.2 Å². The molecule has 0 aliphatic carbocycles. The van der Waals surface area contributed by atoms with E-state index in [0.29, 0.717) is 6.54 Å². The zero-order valence-corrected chi connectivity index (χ0v) is 21.3. The number of unbranched alkanes of at least 4 members (excludes halogenated alkanes) is 1. The predicted molar refractivity (Wildman–Crippen MR) is 131 cm³/mol. The summed E-state index contributed by atoms with van der Waals surface area (Å²) in [6.07, 6.45) is 2.70. The zero-order chi connectivity index (χ0) is 24.6. The van der Waals surface area contributed by atoms with Crippen LogP contribution in [0.3, 0.4) is 0 Å². The molecule has 0 radical (unpaired) electrons. The number of amides is 2. The maximum atomic E-state index is 13.4. The molecule has 0 aromatic heterocycles. The van der Waals surface area contributed by atoms with E-state index in [4.69, 9.17) is 0 Å². The molecule has 2 amide bonds. The van der Waals surface area contributed by atoms with Crippen molar-refractivity contribution < 1.29 is 22.4 Å². The molecule has 7 nitrogen and oxygen atoms in total. The second kappa shape index (κ2) is 12.1. The number of hydrogen-bond donors (Lipinski definition) is 1. The minimum absolute atomic E-state index is 0.113. The first-order valence-electron chi connectivity index (χ1n) is 10.6. The number of rotatable bonds is 11. The van der Waals surface area contributed by atoms with Crippen LogP contribution in [-0.2, 0) is 26.2 Å². The average Bonchev–Trinajstić information content (AvgIpc) is 2.75. The van der Waals surface area contributed by atoms with Crippen LogP contribution in [0, 0.1) is 5.82 Å². The van der Waals surface area contributed by atoms with Gasteiger partial charge in [-0.3, -0.25) is 13.9 Å². The number of anilines is 1. The minimum atomic E-state index is -3.85. The maximum absolute atomic E-state index is 13.4. The maximum Gasteiger partial charge on any atom is 0.244 e. The fourth-order valence-electron chi connectivity index (χ4n) is 3.17. The van der Waals surface area contributed by atoms with Crippen molar-refractivity contribution in [1.82, 2.24) is 10.2 Å². The molecule has 0 bridgehead atoms. The standard InChI is InChI=1S/C23H29BrFN3O4S/c1-4-5-13-26-23(30)17(2)27(15-18-7-6-8-19(24)14-18)22(29)16-28(33(3,31)32)21-11-9-20(25)10-12-21/h6-12,14,17H,4-5,13,15-16H2,1-3H3,(H,26,30)/t17-/m1/s1. The fraction of sp³-hybridized carbons (Fsp3) is 0.391. The largest absolute Gasteiger partial charge is 0.354 e. The Bertz CT molecular complexity index is 1060. The lowest BCUT2D eigenvalue weighted by Crippen LogP contribution is -2.51. The zero-order valence-electron chi connectivity index (χ0n) is 18.9. The van der Waals surface area contributed by atoms with Gasteiger partial charge in [0.25, 0.3) is 0 Å². The van der Waals surface area contributed by atoms with Crippen LogP contribution in [-0.4, -0.2) is 50.5 Å². The van der Waals surface area contributed by atoms with Crippen molar-refractivity contribution in [2.45, 2.75) is 39.3 Å². The van der Waals surface area contributed by atoms with Crippen molar-refractivity contribution in [2.24, 2.45) is 0 Å². The van der Waals surface area contributed by atoms with E-state index >= 15 is 0 Å². The summed E-state index contributed by atoms with van der Waals surface area (Å²) in [4.78, 5) is 27.4. The average molecular weight is 542 g/mol. The van der Waals surface area contributed by atoms with Crippen molar-refractivity contribution in [3.63, 3.8) is 0 Å². The van der Waals surface area contributed by atoms with Crippen LogP contribution < -0.4 is 9.62 Å². The Morgan fingerprint density at radius 1 is 1.15 bits per heavy atom. The summed E-state index contributed by atoms with van der Waals surface area (Å²) >= 11 is 3.40. The fourth-order valence-corrected chi connectivity index (χ4v) is 4.47. The van der Waals surface area contributed by atoms with Gasteiger partial charge in [0.2, 0.25) is 21.8 Å². The van der Waals surface area contributed by atoms with Crippen LogP contribution in [0.25, 0.3) is 0 Å². The summed E-state index contributed by atoms with van der Waals surface area (Å²) in [6.45, 7) is 3.70. The van der Waals surface area contributed by atoms with Crippen molar-refractivity contribution >= 4 is 43.5 Å². The van der Waals surface area contributed by atoms with Gasteiger partial charge in [-0.15, -0.1) is 0 Å². The van der Waals surface area contributed by atoms with Gasteiger partial charge in [0.1, 0.15) is 18.4 Å². The van der Waals surface area contributed by atoms with Crippen molar-refractivity contribution in [3.05, 3.63) is 64.4 Å². The van der Waals surface area contributed by atoms with E-state index < -0.39 is 34.3 Å². The van der Waals surface area contributed by atoms with Crippen LogP contribution in [0.4, 0.5) is 10.1 Å². The quantitative estimate of drug-likeness (QED) is 0.439. The molecule has 0 fully saturated rings. The molecular weight excluding hydrogens is 513 g/mol. The van der Waals surface area contributed by atoms with E-state index in [9.17, 15) is 22.4 Å². The molecule has 0 heterocycles. The van der Waals surface area contributed by atoms with Gasteiger partial charge in [0, 0.05) is 17.6 Å². The van der Waals surface area contributed by atoms with Gasteiger partial charge in [0.05, 0.1) is 11.9 Å². The van der Waals surface area contributed by atoms with E-state index in [1.807, 2.05) is 31.2 Å². The Balaban J connectivity index is 2.33. The van der Waals surface area contributed by atoms with Gasteiger partial charge in [-0.2, -0.15) is 0 Å². The number of nitrogens with zero attached hydrogens (tertiary/aromatic N) is 2. The molecule has 1 atom stereocenters. The van der Waals surface area contributed by atoms with E-state index in [0.717, 1.165) is 45.6 Å². The summed E-state index contributed by atoms with van der Waals surface area (Å²) in [5, 5.41) is 2.82. The topological polar surface area (TPSA) is 86.8 Å². The van der Waals surface area contributed by atoms with Gasteiger partial charge in [-0.05, 0) is 55.3 Å². The number of nitrogens with one attached hydrogen (secondary N) is 1. The highest BCUT2D eigenvalue weighted by Crippen LogP contribution is 2.20. The Morgan fingerprint density at radius 2 is 1.82 bits per heavy atom. The molecule has 33 heavy (non-hydrogen) atoms. The number of benzene rings is 2. The van der Waals surface area contributed by atoms with Crippen molar-refractivity contribution in [2.75, 3.05) is 23.7 Å². The molecule has 10 heteroatoms. The molecule has 0 aliphatic heterocycles. The lowest BCUT2D eigenvalue weighted by atomic mass is 10.1. The van der Waals surface area contributed by atoms with Gasteiger partial charge in [0.15, 0.2) is 0 Å². The number of halogens is 2. The second-order valence-corrected chi connectivity index (χ2v) is 10.5. The number of sulfonamides is 1. The third-order valence-corrected chi connectivity index (χ3v) is 6.67. The van der Waals surface area contributed by atoms with E-state index in [1.165, 1.54) is 17.0 Å². The highest BCUT2D eigenvalue weighted by Gasteiger charge is 2.30. The first-order valence-corrected chi connectivity index (χ1v) is 13.2. The summed E-state index contributed by atoms with van der Waals surface area (Å²) < 4.78 is 39.9. The van der Waals surface area contributed by atoms with E-state index in [1.54, 1.807) is 6.92 Å². The molecular formula is C23H29BrFN3O4S. The summed E-state index contributed by atoms with van der Waals surface area (Å²) in [6, 6.07) is 11.3. The van der Waals surface area contributed by atoms with Gasteiger partial charge in [-0.1, -0.05) is 41.4 Å². The van der Waals surface area contributed by atoms with Crippen LogP contribution >= 0.6 is 15.9 Å². The molecule has 1 N–H and O–H groups in total. The number of hydrogen-bond acceptors (Lipinski definition) is 4. The first kappa shape index (κ1) is 26.8.